The first-order valence-corrected chi connectivity index (χ1v) is 11.1. The van der Waals surface area contributed by atoms with Crippen LogP contribution in [-0.2, 0) is 26.7 Å². The van der Waals surface area contributed by atoms with E-state index in [-0.39, 0.29) is 24.6 Å². The second-order valence-electron chi connectivity index (χ2n) is 9.50. The Morgan fingerprint density at radius 1 is 1.03 bits per heavy atom. The zero-order valence-electron chi connectivity index (χ0n) is 19.2. The molecule has 2 fully saturated rings. The minimum Gasteiger partial charge on any atom is -0.368 e. The zero-order chi connectivity index (χ0) is 26.6. The Labute approximate surface area is 202 Å². The van der Waals surface area contributed by atoms with Crippen molar-refractivity contribution >= 4 is 12.2 Å². The molecule has 0 radical (unpaired) electrons. The first-order valence-electron chi connectivity index (χ1n) is 11.1. The summed E-state index contributed by atoms with van der Waals surface area (Å²) in [6, 6.07) is 6.13. The number of rotatable bonds is 5. The fourth-order valence-electron chi connectivity index (χ4n) is 5.11. The smallest absolute Gasteiger partial charge is 0.368 e. The Morgan fingerprint density at radius 2 is 1.58 bits per heavy atom. The standard InChI is InChI=1S/C25H22F7NO3/c1-13(15-7-16(24(27,28)29)9-17(8-15)25(30,31)32)36-20-11-33-19(10-23(2,12-34)22(33)35)21(20)14-3-5-18(26)6-4-14/h3-9,12-13,19-21H,10-11H2,1-2H3/t13-,19?,20+,21+,23?/m1/s1. The third-order valence-electron chi connectivity index (χ3n) is 6.95. The van der Waals surface area contributed by atoms with Crippen molar-refractivity contribution in [3.8, 4) is 0 Å². The largest absolute Gasteiger partial charge is 0.416 e. The average Bonchev–Trinajstić information content (AvgIpc) is 3.26. The van der Waals surface area contributed by atoms with Crippen LogP contribution in [-0.4, -0.2) is 35.8 Å². The minimum absolute atomic E-state index is 0.0234. The monoisotopic (exact) mass is 517 g/mol. The number of carbonyl (C=O) groups excluding carboxylic acids is 2. The van der Waals surface area contributed by atoms with Crippen LogP contribution in [0.5, 0.6) is 0 Å². The number of hydrogen-bond donors (Lipinski definition) is 0. The van der Waals surface area contributed by atoms with E-state index in [1.54, 1.807) is 0 Å². The molecule has 0 N–H and O–H groups in total. The van der Waals surface area contributed by atoms with Gasteiger partial charge in [-0.3, -0.25) is 4.79 Å². The number of alkyl halides is 6. The molecule has 36 heavy (non-hydrogen) atoms. The third kappa shape index (κ3) is 4.72. The van der Waals surface area contributed by atoms with Gasteiger partial charge in [0.25, 0.3) is 0 Å². The first kappa shape index (κ1) is 26.1. The Bertz CT molecular complexity index is 1130. The van der Waals surface area contributed by atoms with Crippen LogP contribution < -0.4 is 0 Å². The van der Waals surface area contributed by atoms with Crippen LogP contribution in [0.4, 0.5) is 30.7 Å². The summed E-state index contributed by atoms with van der Waals surface area (Å²) in [5, 5.41) is 0. The molecule has 2 unspecified atom stereocenters. The van der Waals surface area contributed by atoms with Gasteiger partial charge in [-0.05, 0) is 61.7 Å². The Balaban J connectivity index is 1.69. The van der Waals surface area contributed by atoms with Gasteiger partial charge in [-0.1, -0.05) is 12.1 Å². The number of nitrogens with zero attached hydrogens (tertiary/aromatic N) is 1. The first-order chi connectivity index (χ1) is 16.6. The molecular weight excluding hydrogens is 495 g/mol. The van der Waals surface area contributed by atoms with E-state index in [0.29, 0.717) is 24.0 Å². The van der Waals surface area contributed by atoms with Gasteiger partial charge >= 0.3 is 12.4 Å². The topological polar surface area (TPSA) is 46.6 Å². The van der Waals surface area contributed by atoms with Crippen molar-refractivity contribution in [2.24, 2.45) is 5.41 Å². The Kier molecular flexibility index (Phi) is 6.43. The fraction of sp³-hybridized carbons (Fsp3) is 0.440. The highest BCUT2D eigenvalue weighted by molar-refractivity contribution is 5.98. The molecular formula is C25H22F7NO3. The highest BCUT2D eigenvalue weighted by Gasteiger charge is 2.57. The molecule has 5 atom stereocenters. The predicted molar refractivity (Wildman–Crippen MR) is 113 cm³/mol. The molecule has 0 aromatic heterocycles. The van der Waals surface area contributed by atoms with Crippen LogP contribution in [0.3, 0.4) is 0 Å². The quantitative estimate of drug-likeness (QED) is 0.281. The van der Waals surface area contributed by atoms with E-state index in [1.807, 2.05) is 0 Å². The van der Waals surface area contributed by atoms with Crippen molar-refractivity contribution < 1.29 is 45.1 Å². The van der Waals surface area contributed by atoms with Crippen LogP contribution >= 0.6 is 0 Å². The normalized spacial score (nSPS) is 27.3. The molecule has 1 amide bonds. The summed E-state index contributed by atoms with van der Waals surface area (Å²) in [5.74, 6) is -1.53. The highest BCUT2D eigenvalue weighted by Crippen LogP contribution is 2.48. The van der Waals surface area contributed by atoms with Gasteiger partial charge in [0.1, 0.15) is 17.5 Å². The van der Waals surface area contributed by atoms with Crippen molar-refractivity contribution in [1.82, 2.24) is 4.90 Å². The molecule has 2 heterocycles. The van der Waals surface area contributed by atoms with E-state index in [9.17, 15) is 40.3 Å². The van der Waals surface area contributed by atoms with Crippen LogP contribution in [0.2, 0.25) is 0 Å². The maximum Gasteiger partial charge on any atom is 0.416 e. The lowest BCUT2D eigenvalue weighted by Gasteiger charge is -2.28. The SMILES string of the molecule is C[C@@H](O[C@H]1CN2C(=O)C(C)(C=O)CC2[C@@H]1c1ccc(F)cc1)c1cc(C(F)(F)F)cc(C(F)(F)F)c1. The van der Waals surface area contributed by atoms with Crippen LogP contribution in [0.15, 0.2) is 42.5 Å². The van der Waals surface area contributed by atoms with E-state index >= 15 is 0 Å². The number of benzene rings is 2. The second kappa shape index (κ2) is 8.86. The van der Waals surface area contributed by atoms with Gasteiger partial charge in [0.05, 0.1) is 23.3 Å². The average molecular weight is 517 g/mol. The Morgan fingerprint density at radius 3 is 2.08 bits per heavy atom. The molecule has 194 valence electrons. The molecule has 0 spiro atoms. The van der Waals surface area contributed by atoms with Gasteiger partial charge < -0.3 is 14.4 Å². The van der Waals surface area contributed by atoms with E-state index < -0.39 is 64.8 Å². The number of halogens is 7. The summed E-state index contributed by atoms with van der Waals surface area (Å²) in [4.78, 5) is 26.0. The van der Waals surface area contributed by atoms with E-state index in [1.165, 1.54) is 43.0 Å². The lowest BCUT2D eigenvalue weighted by molar-refractivity contribution is -0.144. The summed E-state index contributed by atoms with van der Waals surface area (Å²) in [5.41, 5.74) is -3.93. The fourth-order valence-corrected chi connectivity index (χ4v) is 5.11. The molecule has 11 heteroatoms. The molecule has 2 aliphatic heterocycles. The number of carbonyl (C=O) groups is 2. The van der Waals surface area contributed by atoms with Crippen LogP contribution in [0, 0.1) is 11.2 Å². The van der Waals surface area contributed by atoms with E-state index in [2.05, 4.69) is 0 Å². The maximum atomic E-state index is 13.6. The summed E-state index contributed by atoms with van der Waals surface area (Å²) in [6.45, 7) is 2.81. The molecule has 0 bridgehead atoms. The summed E-state index contributed by atoms with van der Waals surface area (Å²) in [7, 11) is 0. The van der Waals surface area contributed by atoms with E-state index in [4.69, 9.17) is 4.74 Å². The molecule has 2 aromatic rings. The molecule has 2 aromatic carbocycles. The molecule has 2 saturated heterocycles. The lowest BCUT2D eigenvalue weighted by atomic mass is 9.81. The van der Waals surface area contributed by atoms with Crippen LogP contribution in [0.25, 0.3) is 0 Å². The summed E-state index contributed by atoms with van der Waals surface area (Å²) in [6.07, 6.45) is -11.3. The van der Waals surface area contributed by atoms with Crippen LogP contribution in [0.1, 0.15) is 54.5 Å². The van der Waals surface area contributed by atoms with Crippen molar-refractivity contribution in [1.29, 1.82) is 0 Å². The Hall–Kier alpha value is -2.95. The van der Waals surface area contributed by atoms with Crippen molar-refractivity contribution in [2.75, 3.05) is 6.54 Å². The molecule has 4 rings (SSSR count). The third-order valence-corrected chi connectivity index (χ3v) is 6.95. The predicted octanol–water partition coefficient (Wildman–Crippen LogP) is 5.91. The minimum atomic E-state index is -5.01. The maximum absolute atomic E-state index is 13.6. The summed E-state index contributed by atoms with van der Waals surface area (Å²) >= 11 is 0. The van der Waals surface area contributed by atoms with Crippen molar-refractivity contribution in [3.63, 3.8) is 0 Å². The van der Waals surface area contributed by atoms with Crippen molar-refractivity contribution in [3.05, 3.63) is 70.5 Å². The zero-order valence-corrected chi connectivity index (χ0v) is 19.2. The van der Waals surface area contributed by atoms with Gasteiger partial charge in [0, 0.05) is 18.5 Å². The number of amides is 1. The number of aldehydes is 1. The van der Waals surface area contributed by atoms with E-state index in [0.717, 1.165) is 0 Å². The van der Waals surface area contributed by atoms with Crippen molar-refractivity contribution in [2.45, 2.75) is 56.8 Å². The van der Waals surface area contributed by atoms with Gasteiger partial charge in [-0.2, -0.15) is 26.3 Å². The second-order valence-corrected chi connectivity index (χ2v) is 9.50. The number of hydrogen-bond acceptors (Lipinski definition) is 3. The summed E-state index contributed by atoms with van der Waals surface area (Å²) < 4.78 is 99.4. The van der Waals surface area contributed by atoms with Gasteiger partial charge in [-0.25, -0.2) is 4.39 Å². The van der Waals surface area contributed by atoms with Gasteiger partial charge in [0.2, 0.25) is 5.91 Å². The number of fused-ring (bicyclic) bond motifs is 1. The lowest BCUT2D eigenvalue weighted by Crippen LogP contribution is -2.35. The highest BCUT2D eigenvalue weighted by atomic mass is 19.4. The molecule has 2 aliphatic rings. The van der Waals surface area contributed by atoms with Gasteiger partial charge in [0.15, 0.2) is 0 Å². The molecule has 4 nitrogen and oxygen atoms in total. The molecule has 0 saturated carbocycles. The number of ether oxygens (including phenoxy) is 1. The molecule has 0 aliphatic carbocycles. The van der Waals surface area contributed by atoms with Gasteiger partial charge in [-0.15, -0.1) is 0 Å².